The molecule has 2 aromatic carbocycles. The number of carbonyl (C=O) groups excluding carboxylic acids is 4. The second-order valence-corrected chi connectivity index (χ2v) is 22.6. The summed E-state index contributed by atoms with van der Waals surface area (Å²) in [6, 6.07) is 15.5. The summed E-state index contributed by atoms with van der Waals surface area (Å²) in [6.45, 7) is 19.3. The number of nitrogens with zero attached hydrogens (tertiary/aromatic N) is 6. The smallest absolute Gasteiger partial charge is 0.253 e. The summed E-state index contributed by atoms with van der Waals surface area (Å²) in [7, 11) is 0. The Morgan fingerprint density at radius 1 is 0.972 bits per heavy atom. The summed E-state index contributed by atoms with van der Waals surface area (Å²) in [5.41, 5.74) is 3.76. The average molecular weight is 1010 g/mol. The highest BCUT2D eigenvalue weighted by molar-refractivity contribution is 7.13. The summed E-state index contributed by atoms with van der Waals surface area (Å²) in [5.74, 6) is -0.0123. The minimum absolute atomic E-state index is 0.0388. The van der Waals surface area contributed by atoms with E-state index < -0.39 is 52.3 Å². The number of hydrogen-bond acceptors (Lipinski definition) is 13. The number of aliphatic hydroxyl groups excluding tert-OH is 2. The van der Waals surface area contributed by atoms with Crippen LogP contribution >= 0.6 is 22.9 Å². The van der Waals surface area contributed by atoms with E-state index in [9.17, 15) is 34.7 Å². The molecule has 7 rings (SSSR count). The number of nitriles is 1. The number of unbranched alkanes of at least 4 members (excludes halogenated alkanes) is 1. The maximum Gasteiger partial charge on any atom is 0.253 e. The van der Waals surface area contributed by atoms with Crippen LogP contribution in [0.5, 0.6) is 5.75 Å². The summed E-state index contributed by atoms with van der Waals surface area (Å²) in [4.78, 5) is 70.8. The minimum atomic E-state index is -0.979. The quantitative estimate of drug-likeness (QED) is 0.0740. The summed E-state index contributed by atoms with van der Waals surface area (Å²) < 4.78 is 6.37. The van der Waals surface area contributed by atoms with Gasteiger partial charge in [-0.25, -0.2) is 9.97 Å². The van der Waals surface area contributed by atoms with Gasteiger partial charge in [0.05, 0.1) is 51.0 Å². The van der Waals surface area contributed by atoms with Crippen molar-refractivity contribution in [2.45, 2.75) is 117 Å². The van der Waals surface area contributed by atoms with Gasteiger partial charge in [0, 0.05) is 74.7 Å². The largest absolute Gasteiger partial charge is 0.489 e. The van der Waals surface area contributed by atoms with E-state index in [1.165, 1.54) is 16.2 Å². The van der Waals surface area contributed by atoms with Gasteiger partial charge in [0.15, 0.2) is 0 Å². The topological polar surface area (TPSA) is 213 Å². The summed E-state index contributed by atoms with van der Waals surface area (Å²) in [5, 5.41) is 39.6. The van der Waals surface area contributed by atoms with E-state index in [0.717, 1.165) is 61.1 Å². The van der Waals surface area contributed by atoms with Crippen LogP contribution in [0.4, 0.5) is 5.82 Å². The highest BCUT2D eigenvalue weighted by atomic mass is 35.5. The fourth-order valence-corrected chi connectivity index (χ4v) is 11.7. The number of rotatable bonds is 17. The van der Waals surface area contributed by atoms with Gasteiger partial charge in [-0.1, -0.05) is 84.3 Å². The van der Waals surface area contributed by atoms with Gasteiger partial charge in [0.2, 0.25) is 17.7 Å². The van der Waals surface area contributed by atoms with Crippen LogP contribution in [0, 0.1) is 34.5 Å². The van der Waals surface area contributed by atoms with E-state index >= 15 is 0 Å². The normalized spacial score (nSPS) is 21.6. The Labute approximate surface area is 426 Å². The van der Waals surface area contributed by atoms with Crippen LogP contribution in [0.25, 0.3) is 10.4 Å². The molecule has 0 unspecified atom stereocenters. The van der Waals surface area contributed by atoms with Gasteiger partial charge < -0.3 is 40.7 Å². The highest BCUT2D eigenvalue weighted by Crippen LogP contribution is 2.55. The van der Waals surface area contributed by atoms with Crippen LogP contribution in [0.3, 0.4) is 0 Å². The number of ether oxygens (including phenoxy) is 1. The Bertz CT molecular complexity index is 2570. The number of benzene rings is 2. The van der Waals surface area contributed by atoms with Crippen molar-refractivity contribution in [1.29, 1.82) is 5.26 Å². The third-order valence-electron chi connectivity index (χ3n) is 14.4. The zero-order valence-electron chi connectivity index (χ0n) is 42.0. The molecule has 16 nitrogen and oxygen atoms in total. The Balaban J connectivity index is 0.838. The molecule has 4 aromatic rings. The van der Waals surface area contributed by atoms with Crippen LogP contribution in [0.2, 0.25) is 5.02 Å². The van der Waals surface area contributed by atoms with E-state index in [1.807, 2.05) is 64.1 Å². The zero-order valence-corrected chi connectivity index (χ0v) is 43.6. The molecule has 3 fully saturated rings. The number of pyridine rings is 1. The number of aliphatic hydroxyl groups is 2. The monoisotopic (exact) mass is 1010 g/mol. The first-order valence-corrected chi connectivity index (χ1v) is 25.7. The third-order valence-corrected chi connectivity index (χ3v) is 15.7. The van der Waals surface area contributed by atoms with Crippen molar-refractivity contribution >= 4 is 52.4 Å². The fraction of sp³-hybridized carbons (Fsp3) is 0.528. The van der Waals surface area contributed by atoms with Crippen molar-refractivity contribution < 1.29 is 34.1 Å². The molecule has 1 aliphatic carbocycles. The molecule has 18 heteroatoms. The first-order valence-electron chi connectivity index (χ1n) is 24.4. The summed E-state index contributed by atoms with van der Waals surface area (Å²) in [6.07, 6.45) is 2.16. The molecule has 4 atom stereocenters. The van der Waals surface area contributed by atoms with E-state index in [1.54, 1.807) is 29.9 Å². The van der Waals surface area contributed by atoms with Crippen LogP contribution < -0.4 is 25.6 Å². The Hall–Kier alpha value is -5.64. The number of nitrogens with one attached hydrogen (secondary N) is 3. The van der Waals surface area contributed by atoms with Crippen LogP contribution in [-0.2, 0) is 14.4 Å². The van der Waals surface area contributed by atoms with Crippen LogP contribution in [-0.4, -0.2) is 130 Å². The number of β-amino-alcohol motifs (C(OH)–C–C–N with tert-alkyl or cyclic N) is 1. The number of carbonyl (C=O) groups is 4. The first kappa shape index (κ1) is 53.2. The summed E-state index contributed by atoms with van der Waals surface area (Å²) >= 11 is 7.79. The molecule has 71 heavy (non-hydrogen) atoms. The second kappa shape index (κ2) is 22.0. The SMILES string of the molecule is Cc1ncsc1-c1ccc([C@H](CO)NC(=O)[C@@H]2C[C@@H](O)CN2C(=O)[C@@H](NC(=O)CCCCN2CCN(c3ccc(C(=O)N[C@H]4C(C)(C)[C@H](Oc5ccc(C#N)c(Cl)c5)C4(C)C)cn3)CC2)C(C)(C)C)cc1. The highest BCUT2D eigenvalue weighted by Gasteiger charge is 2.64. The Morgan fingerprint density at radius 2 is 1.68 bits per heavy atom. The second-order valence-electron chi connectivity index (χ2n) is 21.4. The number of aryl methyl sites for hydroxylation is 1. The van der Waals surface area contributed by atoms with Gasteiger partial charge in [-0.15, -0.1) is 11.3 Å². The molecule has 380 valence electrons. The van der Waals surface area contributed by atoms with Gasteiger partial charge in [-0.05, 0) is 67.1 Å². The Kier molecular flexibility index (Phi) is 16.5. The van der Waals surface area contributed by atoms with Crippen molar-refractivity contribution in [2.24, 2.45) is 16.2 Å². The first-order chi connectivity index (χ1) is 33.6. The average Bonchev–Trinajstić information content (AvgIpc) is 3.96. The van der Waals surface area contributed by atoms with Crippen molar-refractivity contribution in [3.05, 3.63) is 93.7 Å². The van der Waals surface area contributed by atoms with Gasteiger partial charge in [-0.3, -0.25) is 24.1 Å². The molecule has 0 bridgehead atoms. The minimum Gasteiger partial charge on any atom is -0.489 e. The predicted octanol–water partition coefficient (Wildman–Crippen LogP) is 6.29. The van der Waals surface area contributed by atoms with Gasteiger partial charge in [0.25, 0.3) is 5.91 Å². The van der Waals surface area contributed by atoms with E-state index in [4.69, 9.17) is 16.3 Å². The number of piperazine rings is 1. The lowest BCUT2D eigenvalue weighted by atomic mass is 9.49. The zero-order chi connectivity index (χ0) is 51.4. The van der Waals surface area contributed by atoms with Crippen molar-refractivity contribution in [2.75, 3.05) is 50.8 Å². The molecule has 2 aromatic heterocycles. The molecule has 2 saturated heterocycles. The number of likely N-dealkylation sites (tertiary alicyclic amines) is 1. The van der Waals surface area contributed by atoms with Gasteiger partial charge >= 0.3 is 0 Å². The maximum atomic E-state index is 14.2. The standard InChI is InChI=1S/C53H68ClN9O7S/c1-32-44(71-31-57-32)34-14-12-33(13-15-34)40(30-64)58-47(68)41-25-37(65)29-63(41)48(69)45(51(2,3)4)59-43(66)11-9-10-20-61-21-23-62(24-22-61)42-19-17-36(28-56-42)46(67)60-49-52(5,6)50(53(49,7)8)70-38-18-16-35(27-55)39(54)26-38/h12-19,26,28,31,37,40-41,45,49-50,64-65H,9-11,20-25,29-30H2,1-8H3,(H,58,68)(H,59,66)(H,60,67)/t37-,40+,41+,45-,49-,50-/m1/s1. The van der Waals surface area contributed by atoms with Crippen LogP contribution in [0.1, 0.15) is 107 Å². The van der Waals surface area contributed by atoms with Gasteiger partial charge in [0.1, 0.15) is 35.8 Å². The molecule has 1 saturated carbocycles. The van der Waals surface area contributed by atoms with Crippen molar-refractivity contribution in [3.8, 4) is 22.3 Å². The van der Waals surface area contributed by atoms with Crippen LogP contribution in [0.15, 0.2) is 66.3 Å². The number of hydrogen-bond donors (Lipinski definition) is 5. The molecule has 0 radical (unpaired) electrons. The molecule has 3 aliphatic rings. The van der Waals surface area contributed by atoms with E-state index in [2.05, 4.69) is 69.5 Å². The third kappa shape index (κ3) is 12.0. The molecule has 5 N–H and O–H groups in total. The molecule has 4 amide bonds. The van der Waals surface area contributed by atoms with Crippen molar-refractivity contribution in [3.63, 3.8) is 0 Å². The predicted molar refractivity (Wildman–Crippen MR) is 274 cm³/mol. The number of amides is 4. The molecule has 0 spiro atoms. The fourth-order valence-electron chi connectivity index (χ4n) is 10.6. The number of aromatic nitrogens is 2. The maximum absolute atomic E-state index is 14.2. The lowest BCUT2D eigenvalue weighted by Gasteiger charge is -2.63. The number of anilines is 1. The molecular weight excluding hydrogens is 942 g/mol. The van der Waals surface area contributed by atoms with E-state index in [-0.39, 0.29) is 50.0 Å². The molecule has 2 aliphatic heterocycles. The number of halogens is 1. The Morgan fingerprint density at radius 3 is 2.27 bits per heavy atom. The lowest BCUT2D eigenvalue weighted by Crippen LogP contribution is -2.74. The van der Waals surface area contributed by atoms with Crippen molar-refractivity contribution in [1.82, 2.24) is 35.7 Å². The molecule has 4 heterocycles. The molecular formula is C53H68ClN9O7S. The lowest BCUT2D eigenvalue weighted by molar-refractivity contribution is -0.164. The number of thiazole rings is 1. The van der Waals surface area contributed by atoms with E-state index in [0.29, 0.717) is 33.9 Å². The van der Waals surface area contributed by atoms with Gasteiger partial charge in [-0.2, -0.15) is 5.26 Å².